The van der Waals surface area contributed by atoms with Crippen LogP contribution in [0.3, 0.4) is 0 Å². The summed E-state index contributed by atoms with van der Waals surface area (Å²) in [4.78, 5) is 32.1. The Hall–Kier alpha value is -3.41. The van der Waals surface area contributed by atoms with E-state index in [2.05, 4.69) is 16.8 Å². The summed E-state index contributed by atoms with van der Waals surface area (Å²) in [5.41, 5.74) is -0.535. The topological polar surface area (TPSA) is 85.4 Å². The molecule has 8 nitrogen and oxygen atoms in total. The fraction of sp³-hybridized carbons (Fsp3) is 0.515. The van der Waals surface area contributed by atoms with Crippen molar-refractivity contribution in [2.75, 3.05) is 45.9 Å². The molecule has 238 valence electrons. The van der Waals surface area contributed by atoms with Crippen molar-refractivity contribution in [1.82, 2.24) is 20.0 Å². The molecule has 3 saturated heterocycles. The van der Waals surface area contributed by atoms with Crippen LogP contribution in [-0.2, 0) is 27.9 Å². The summed E-state index contributed by atoms with van der Waals surface area (Å²) >= 11 is 0. The molecule has 5 rings (SSSR count). The molecule has 3 aliphatic rings. The molecule has 3 atom stereocenters. The zero-order valence-corrected chi connectivity index (χ0v) is 24.8. The average molecular weight is 615 g/mol. The maximum atomic E-state index is 13.2. The first-order valence-electron chi connectivity index (χ1n) is 15.3. The molecule has 0 aliphatic carbocycles. The van der Waals surface area contributed by atoms with Crippen molar-refractivity contribution >= 4 is 11.9 Å². The monoisotopic (exact) mass is 614 g/mol. The van der Waals surface area contributed by atoms with Crippen LogP contribution in [0.4, 0.5) is 18.0 Å². The molecular formula is C33H41F3N4O4. The van der Waals surface area contributed by atoms with Crippen LogP contribution >= 0.6 is 0 Å². The van der Waals surface area contributed by atoms with Gasteiger partial charge in [-0.15, -0.1) is 6.58 Å². The molecule has 0 radical (unpaired) electrons. The van der Waals surface area contributed by atoms with E-state index in [1.54, 1.807) is 15.9 Å². The van der Waals surface area contributed by atoms with E-state index in [4.69, 9.17) is 4.74 Å². The highest BCUT2D eigenvalue weighted by molar-refractivity contribution is 5.81. The molecule has 44 heavy (non-hydrogen) atoms. The van der Waals surface area contributed by atoms with Crippen LogP contribution in [0, 0.1) is 5.92 Å². The minimum Gasteiger partial charge on any atom is -0.383 e. The highest BCUT2D eigenvalue weighted by Crippen LogP contribution is 2.39. The lowest BCUT2D eigenvalue weighted by atomic mass is 9.83. The molecule has 0 unspecified atom stereocenters. The quantitative estimate of drug-likeness (QED) is 0.410. The maximum Gasteiger partial charge on any atom is 0.416 e. The van der Waals surface area contributed by atoms with Crippen LogP contribution in [0.15, 0.2) is 67.3 Å². The number of rotatable bonds is 9. The van der Waals surface area contributed by atoms with Gasteiger partial charge in [-0.1, -0.05) is 48.5 Å². The van der Waals surface area contributed by atoms with E-state index in [1.807, 2.05) is 30.3 Å². The first-order chi connectivity index (χ1) is 21.1. The fourth-order valence-corrected chi connectivity index (χ4v) is 6.66. The van der Waals surface area contributed by atoms with Gasteiger partial charge in [0.1, 0.15) is 11.7 Å². The zero-order valence-electron chi connectivity index (χ0n) is 24.8. The van der Waals surface area contributed by atoms with Crippen molar-refractivity contribution in [2.24, 2.45) is 5.92 Å². The average Bonchev–Trinajstić information content (AvgIpc) is 3.68. The molecular weight excluding hydrogens is 573 g/mol. The third-order valence-corrected chi connectivity index (χ3v) is 9.13. The van der Waals surface area contributed by atoms with E-state index in [1.165, 1.54) is 12.1 Å². The summed E-state index contributed by atoms with van der Waals surface area (Å²) in [5, 5.41) is 14.9. The number of carbonyl (C=O) groups is 2. The van der Waals surface area contributed by atoms with Crippen molar-refractivity contribution in [3.8, 4) is 0 Å². The Morgan fingerprint density at radius 3 is 2.41 bits per heavy atom. The molecule has 2 N–H and O–H groups in total. The number of piperidine rings is 1. The van der Waals surface area contributed by atoms with Gasteiger partial charge in [0, 0.05) is 57.8 Å². The van der Waals surface area contributed by atoms with E-state index in [0.717, 1.165) is 37.0 Å². The highest BCUT2D eigenvalue weighted by Gasteiger charge is 2.49. The molecule has 3 aliphatic heterocycles. The molecule has 11 heteroatoms. The minimum atomic E-state index is -4.41. The normalized spacial score (nSPS) is 24.8. The van der Waals surface area contributed by atoms with Crippen molar-refractivity contribution in [3.05, 3.63) is 83.9 Å². The maximum absolute atomic E-state index is 13.2. The van der Waals surface area contributed by atoms with E-state index in [0.29, 0.717) is 51.3 Å². The molecule has 0 bridgehead atoms. The molecule has 2 aromatic rings. The van der Waals surface area contributed by atoms with Gasteiger partial charge in [0.05, 0.1) is 12.1 Å². The van der Waals surface area contributed by atoms with Gasteiger partial charge in [-0.05, 0) is 48.9 Å². The molecule has 0 aromatic heterocycles. The predicted molar refractivity (Wildman–Crippen MR) is 159 cm³/mol. The number of aliphatic hydroxyl groups is 1. The number of alkyl halides is 3. The van der Waals surface area contributed by atoms with Crippen LogP contribution in [-0.4, -0.2) is 89.8 Å². The molecule has 0 spiro atoms. The Morgan fingerprint density at radius 2 is 1.80 bits per heavy atom. The van der Waals surface area contributed by atoms with Crippen molar-refractivity contribution < 1.29 is 32.6 Å². The zero-order chi connectivity index (χ0) is 31.3. The number of halogens is 3. The van der Waals surface area contributed by atoms with Crippen molar-refractivity contribution in [1.29, 1.82) is 0 Å². The lowest BCUT2D eigenvalue weighted by Crippen LogP contribution is -2.52. The SMILES string of the molecule is C=CCN(C(=O)NCc1ccc(C(F)(F)F)cc1)C1CCN(C[C@H]2CN(C(=O)[C@@H]3CCCO3)C[C@]2(O)c2ccccc2)CC1. The Labute approximate surface area is 256 Å². The van der Waals surface area contributed by atoms with Gasteiger partial charge in [0.2, 0.25) is 0 Å². The summed E-state index contributed by atoms with van der Waals surface area (Å²) in [6.07, 6.45) is -0.171. The number of ether oxygens (including phenoxy) is 1. The molecule has 3 amide bonds. The first kappa shape index (κ1) is 32.0. The van der Waals surface area contributed by atoms with Crippen LogP contribution in [0.25, 0.3) is 0 Å². The number of carbonyl (C=O) groups excluding carboxylic acids is 2. The third kappa shape index (κ3) is 7.27. The number of nitrogens with zero attached hydrogens (tertiary/aromatic N) is 3. The van der Waals surface area contributed by atoms with Crippen LogP contribution in [0.1, 0.15) is 42.4 Å². The van der Waals surface area contributed by atoms with E-state index in [-0.39, 0.29) is 37.0 Å². The number of nitrogens with one attached hydrogen (secondary N) is 1. The Kier molecular flexibility index (Phi) is 9.97. The Balaban J connectivity index is 1.18. The van der Waals surface area contributed by atoms with Gasteiger partial charge in [-0.3, -0.25) is 4.79 Å². The lowest BCUT2D eigenvalue weighted by Gasteiger charge is -2.40. The van der Waals surface area contributed by atoms with Crippen molar-refractivity contribution in [3.63, 3.8) is 0 Å². The van der Waals surface area contributed by atoms with Gasteiger partial charge in [-0.25, -0.2) is 4.79 Å². The molecule has 0 saturated carbocycles. The number of hydrogen-bond acceptors (Lipinski definition) is 5. The number of hydrogen-bond donors (Lipinski definition) is 2. The minimum absolute atomic E-state index is 0.0361. The Morgan fingerprint density at radius 1 is 1.09 bits per heavy atom. The predicted octanol–water partition coefficient (Wildman–Crippen LogP) is 4.39. The van der Waals surface area contributed by atoms with Gasteiger partial charge in [-0.2, -0.15) is 13.2 Å². The number of benzene rings is 2. The van der Waals surface area contributed by atoms with Gasteiger partial charge in [0.25, 0.3) is 5.91 Å². The highest BCUT2D eigenvalue weighted by atomic mass is 19.4. The number of likely N-dealkylation sites (tertiary alicyclic amines) is 2. The second kappa shape index (κ2) is 13.7. The van der Waals surface area contributed by atoms with Crippen molar-refractivity contribution in [2.45, 2.75) is 56.2 Å². The van der Waals surface area contributed by atoms with Crippen LogP contribution in [0.5, 0.6) is 0 Å². The van der Waals surface area contributed by atoms with Crippen LogP contribution < -0.4 is 5.32 Å². The van der Waals surface area contributed by atoms with Crippen LogP contribution in [0.2, 0.25) is 0 Å². The smallest absolute Gasteiger partial charge is 0.383 e. The largest absolute Gasteiger partial charge is 0.416 e. The second-order valence-electron chi connectivity index (χ2n) is 12.0. The lowest BCUT2D eigenvalue weighted by molar-refractivity contribution is -0.141. The van der Waals surface area contributed by atoms with E-state index in [9.17, 15) is 27.9 Å². The molecule has 2 aromatic carbocycles. The summed E-state index contributed by atoms with van der Waals surface area (Å²) in [7, 11) is 0. The van der Waals surface area contributed by atoms with Gasteiger partial charge in [0.15, 0.2) is 0 Å². The van der Waals surface area contributed by atoms with Gasteiger partial charge >= 0.3 is 12.2 Å². The molecule has 3 heterocycles. The number of β-amino-alcohol motifs (C(OH)–C–C–N with tert-alkyl or cyclic N) is 1. The summed E-state index contributed by atoms with van der Waals surface area (Å²) in [6.45, 7) is 7.55. The Bertz CT molecular complexity index is 1280. The fourth-order valence-electron chi connectivity index (χ4n) is 6.66. The standard InChI is InChI=1S/C33H41F3N4O4/c1-2-16-40(31(42)37-20-24-10-12-26(13-11-24)33(34,35)36)28-14-17-38(18-15-28)21-27-22-39(30(41)29-9-6-19-44-29)23-32(27,43)25-7-4-3-5-8-25/h2-5,7-8,10-13,27-29,43H,1,6,9,14-23H2,(H,37,42)/t27-,29-,32-/m0/s1. The summed E-state index contributed by atoms with van der Waals surface area (Å²) in [6, 6.07) is 14.0. The van der Waals surface area contributed by atoms with Gasteiger partial charge < -0.3 is 29.9 Å². The first-order valence-corrected chi connectivity index (χ1v) is 15.3. The summed E-state index contributed by atoms with van der Waals surface area (Å²) in [5.74, 6) is -0.247. The van der Waals surface area contributed by atoms with E-state index >= 15 is 0 Å². The third-order valence-electron chi connectivity index (χ3n) is 9.13. The molecule has 3 fully saturated rings. The summed E-state index contributed by atoms with van der Waals surface area (Å²) < 4.78 is 44.3. The van der Waals surface area contributed by atoms with E-state index < -0.39 is 23.4 Å². The number of amides is 3. The second-order valence-corrected chi connectivity index (χ2v) is 12.0. The number of urea groups is 1.